The van der Waals surface area contributed by atoms with Crippen LogP contribution >= 0.6 is 0 Å². The second-order valence-corrected chi connectivity index (χ2v) is 7.79. The van der Waals surface area contributed by atoms with Gasteiger partial charge in [-0.15, -0.1) is 0 Å². The van der Waals surface area contributed by atoms with E-state index in [4.69, 9.17) is 4.74 Å². The van der Waals surface area contributed by atoms with Crippen molar-refractivity contribution in [3.05, 3.63) is 78.4 Å². The third-order valence-electron chi connectivity index (χ3n) is 3.58. The van der Waals surface area contributed by atoms with Crippen LogP contribution in [0.5, 0.6) is 5.75 Å². The first-order valence-electron chi connectivity index (χ1n) is 7.37. The molecule has 0 aliphatic carbocycles. The minimum absolute atomic E-state index is 0.102. The van der Waals surface area contributed by atoms with Gasteiger partial charge < -0.3 is 0 Å². The van der Waals surface area contributed by atoms with Crippen LogP contribution in [-0.4, -0.2) is 31.6 Å². The minimum atomic E-state index is -0.567. The number of aromatic nitrogens is 2. The van der Waals surface area contributed by atoms with Crippen molar-refractivity contribution in [2.45, 2.75) is 11.4 Å². The Morgan fingerprint density at radius 3 is 2.75 bits per heavy atom. The molecule has 3 nitrogen and oxygen atoms in total. The number of para-hydroxylation sites is 1. The molecule has 0 amide bonds. The number of benzene rings is 2. The van der Waals surface area contributed by atoms with E-state index < -0.39 is 11.6 Å². The summed E-state index contributed by atoms with van der Waals surface area (Å²) in [7, 11) is 1.62. The molecule has 1 atom stereocenters. The van der Waals surface area contributed by atoms with Crippen LogP contribution in [-0.2, 0) is 6.54 Å². The maximum atomic E-state index is 14.3. The molecule has 3 aromatic rings. The Hall–Kier alpha value is -2.17. The van der Waals surface area contributed by atoms with Crippen molar-refractivity contribution in [1.29, 1.82) is 0 Å². The second kappa shape index (κ2) is 7.60. The Bertz CT molecular complexity index is 809. The number of hydrogen-bond donors (Lipinski definition) is 0. The topological polar surface area (TPSA) is 27.1 Å². The predicted molar refractivity (Wildman–Crippen MR) is 89.7 cm³/mol. The van der Waals surface area contributed by atoms with Crippen LogP contribution in [0.25, 0.3) is 0 Å². The molecular weight excluding hydrogens is 377 g/mol. The SMILES string of the molecule is COc1ccccc1[Se]C(Cn1ccnc1)c1ccc(F)cc1F. The Morgan fingerprint density at radius 2 is 2.04 bits per heavy atom. The molecule has 0 saturated heterocycles. The standard InChI is InChI=1S/C18H16F2N2OSe/c1-23-16-4-2-3-5-17(16)24-18(11-22-9-8-21-12-22)14-7-6-13(19)10-15(14)20/h2-10,12,18H,11H2,1H3. The van der Waals surface area contributed by atoms with Crippen molar-refractivity contribution >= 4 is 19.4 Å². The molecule has 1 aromatic heterocycles. The Morgan fingerprint density at radius 1 is 1.21 bits per heavy atom. The molecule has 2 aromatic carbocycles. The van der Waals surface area contributed by atoms with E-state index in [1.165, 1.54) is 12.1 Å². The van der Waals surface area contributed by atoms with E-state index in [-0.39, 0.29) is 19.8 Å². The number of ether oxygens (including phenoxy) is 1. The van der Waals surface area contributed by atoms with Gasteiger partial charge in [0.1, 0.15) is 0 Å². The molecule has 0 fully saturated rings. The van der Waals surface area contributed by atoms with E-state index in [9.17, 15) is 8.78 Å². The van der Waals surface area contributed by atoms with Gasteiger partial charge in [0.2, 0.25) is 0 Å². The fourth-order valence-corrected chi connectivity index (χ4v) is 5.14. The van der Waals surface area contributed by atoms with Crippen LogP contribution in [0.4, 0.5) is 8.78 Å². The van der Waals surface area contributed by atoms with Crippen molar-refractivity contribution in [2.75, 3.05) is 7.11 Å². The average Bonchev–Trinajstić information content (AvgIpc) is 3.08. The summed E-state index contributed by atoms with van der Waals surface area (Å²) >= 11 is -0.102. The van der Waals surface area contributed by atoms with Crippen LogP contribution in [0, 0.1) is 11.6 Å². The third-order valence-corrected chi connectivity index (χ3v) is 6.27. The fourth-order valence-electron chi connectivity index (χ4n) is 2.42. The van der Waals surface area contributed by atoms with Crippen LogP contribution < -0.4 is 9.20 Å². The molecular formula is C18H16F2N2OSe. The molecule has 24 heavy (non-hydrogen) atoms. The van der Waals surface area contributed by atoms with Crippen molar-refractivity contribution < 1.29 is 13.5 Å². The zero-order valence-electron chi connectivity index (χ0n) is 13.0. The second-order valence-electron chi connectivity index (χ2n) is 5.18. The number of imidazole rings is 1. The summed E-state index contributed by atoms with van der Waals surface area (Å²) in [5, 5.41) is 0. The van der Waals surface area contributed by atoms with Gasteiger partial charge in [-0.2, -0.15) is 0 Å². The van der Waals surface area contributed by atoms with Crippen molar-refractivity contribution in [1.82, 2.24) is 9.55 Å². The Balaban J connectivity index is 1.95. The molecule has 1 heterocycles. The van der Waals surface area contributed by atoms with Crippen molar-refractivity contribution in [2.24, 2.45) is 0 Å². The van der Waals surface area contributed by atoms with Crippen molar-refractivity contribution in [3.63, 3.8) is 0 Å². The molecule has 0 bridgehead atoms. The number of hydrogen-bond acceptors (Lipinski definition) is 2. The molecule has 124 valence electrons. The first-order chi connectivity index (χ1) is 11.7. The molecule has 0 N–H and O–H groups in total. The van der Waals surface area contributed by atoms with E-state index >= 15 is 0 Å². The summed E-state index contributed by atoms with van der Waals surface area (Å²) in [6.45, 7) is 0.570. The summed E-state index contributed by atoms with van der Waals surface area (Å²) in [6.07, 6.45) is 5.23. The molecule has 0 saturated carbocycles. The zero-order chi connectivity index (χ0) is 16.9. The number of rotatable bonds is 6. The monoisotopic (exact) mass is 394 g/mol. The molecule has 6 heteroatoms. The molecule has 3 rings (SSSR count). The third kappa shape index (κ3) is 3.83. The molecule has 0 radical (unpaired) electrons. The average molecular weight is 393 g/mol. The van der Waals surface area contributed by atoms with E-state index in [1.807, 2.05) is 35.0 Å². The summed E-state index contributed by atoms with van der Waals surface area (Å²) < 4.78 is 36.0. The van der Waals surface area contributed by atoms with Gasteiger partial charge in [-0.05, 0) is 0 Å². The normalized spacial score (nSPS) is 12.1. The van der Waals surface area contributed by atoms with Crippen LogP contribution in [0.1, 0.15) is 10.4 Å². The van der Waals surface area contributed by atoms with Gasteiger partial charge in [0.25, 0.3) is 0 Å². The Labute approximate surface area is 145 Å². The van der Waals surface area contributed by atoms with E-state index in [0.29, 0.717) is 12.1 Å². The van der Waals surface area contributed by atoms with Gasteiger partial charge >= 0.3 is 145 Å². The summed E-state index contributed by atoms with van der Waals surface area (Å²) in [5.41, 5.74) is 0.510. The molecule has 1 unspecified atom stereocenters. The first-order valence-corrected chi connectivity index (χ1v) is 9.22. The Kier molecular flexibility index (Phi) is 5.28. The zero-order valence-corrected chi connectivity index (χ0v) is 14.7. The van der Waals surface area contributed by atoms with Crippen LogP contribution in [0.2, 0.25) is 0 Å². The van der Waals surface area contributed by atoms with Crippen LogP contribution in [0.3, 0.4) is 0 Å². The number of halogens is 2. The first kappa shape index (κ1) is 16.7. The van der Waals surface area contributed by atoms with Crippen molar-refractivity contribution in [3.8, 4) is 5.75 Å². The molecule has 0 aliphatic heterocycles. The summed E-state index contributed by atoms with van der Waals surface area (Å²) in [6, 6.07) is 11.5. The molecule has 0 aliphatic rings. The van der Waals surface area contributed by atoms with E-state index in [0.717, 1.165) is 16.3 Å². The van der Waals surface area contributed by atoms with Gasteiger partial charge in [-0.3, -0.25) is 0 Å². The van der Waals surface area contributed by atoms with Gasteiger partial charge in [-0.1, -0.05) is 0 Å². The summed E-state index contributed by atoms with van der Waals surface area (Å²) in [5.74, 6) is -0.296. The molecule has 0 spiro atoms. The summed E-state index contributed by atoms with van der Waals surface area (Å²) in [4.78, 5) is 3.93. The quantitative estimate of drug-likeness (QED) is 0.603. The van der Waals surface area contributed by atoms with Gasteiger partial charge in [0.15, 0.2) is 0 Å². The number of nitrogens with zero attached hydrogens (tertiary/aromatic N) is 2. The predicted octanol–water partition coefficient (Wildman–Crippen LogP) is 2.94. The fraction of sp³-hybridized carbons (Fsp3) is 0.167. The van der Waals surface area contributed by atoms with Crippen LogP contribution in [0.15, 0.2) is 61.2 Å². The number of methoxy groups -OCH3 is 1. The van der Waals surface area contributed by atoms with Gasteiger partial charge in [0, 0.05) is 0 Å². The van der Waals surface area contributed by atoms with E-state index in [1.54, 1.807) is 19.6 Å². The maximum absolute atomic E-state index is 14.3. The van der Waals surface area contributed by atoms with E-state index in [2.05, 4.69) is 4.98 Å². The van der Waals surface area contributed by atoms with Gasteiger partial charge in [-0.25, -0.2) is 0 Å². The van der Waals surface area contributed by atoms with Gasteiger partial charge in [0.05, 0.1) is 0 Å².